The molecule has 4 aromatic rings. The lowest BCUT2D eigenvalue weighted by Gasteiger charge is -2.12. The molecule has 4 rings (SSSR count). The first-order valence-electron chi connectivity index (χ1n) is 10.2. The lowest BCUT2D eigenvalue weighted by Crippen LogP contribution is -2.38. The van der Waals surface area contributed by atoms with Crippen LogP contribution >= 0.6 is 24.0 Å². The minimum Gasteiger partial charge on any atom is -0.358 e. The fourth-order valence-electron chi connectivity index (χ4n) is 3.28. The Kier molecular flexibility index (Phi) is 8.05. The number of benzene rings is 2. The largest absolute Gasteiger partial charge is 0.358 e. The molecule has 0 aliphatic heterocycles. The number of hydrogen-bond acceptors (Lipinski definition) is 3. The molecule has 0 fully saturated rings. The fraction of sp³-hybridized carbons (Fsp3) is 0.261. The molecular weight excluding hydrogens is 501 g/mol. The van der Waals surface area contributed by atoms with E-state index in [1.807, 2.05) is 42.8 Å². The van der Waals surface area contributed by atoms with Gasteiger partial charge in [0, 0.05) is 31.2 Å². The smallest absolute Gasteiger partial charge is 0.191 e. The van der Waals surface area contributed by atoms with Crippen molar-refractivity contribution in [3.05, 3.63) is 83.6 Å². The van der Waals surface area contributed by atoms with Gasteiger partial charge in [0.2, 0.25) is 0 Å². The van der Waals surface area contributed by atoms with E-state index in [9.17, 15) is 0 Å². The lowest BCUT2D eigenvalue weighted by atomic mass is 10.2. The van der Waals surface area contributed by atoms with E-state index < -0.39 is 0 Å². The highest BCUT2D eigenvalue weighted by Crippen LogP contribution is 2.14. The first-order chi connectivity index (χ1) is 14.7. The van der Waals surface area contributed by atoms with Crippen molar-refractivity contribution < 1.29 is 0 Å². The average Bonchev–Trinajstić information content (AvgIpc) is 3.33. The van der Waals surface area contributed by atoms with Gasteiger partial charge < -0.3 is 20.2 Å². The second-order valence-corrected chi connectivity index (χ2v) is 7.29. The van der Waals surface area contributed by atoms with Crippen LogP contribution in [0.25, 0.3) is 10.9 Å². The Balaban J connectivity index is 0.00000272. The van der Waals surface area contributed by atoms with Gasteiger partial charge in [-0.25, -0.2) is 4.99 Å². The Morgan fingerprint density at radius 1 is 1.03 bits per heavy atom. The molecular formula is C23H28IN7. The molecule has 0 saturated heterocycles. The number of H-pyrrole nitrogens is 1. The highest BCUT2D eigenvalue weighted by molar-refractivity contribution is 14.0. The van der Waals surface area contributed by atoms with E-state index in [1.54, 1.807) is 0 Å². The van der Waals surface area contributed by atoms with E-state index in [0.29, 0.717) is 13.1 Å². The summed E-state index contributed by atoms with van der Waals surface area (Å²) >= 11 is 0. The minimum atomic E-state index is 0. The zero-order valence-corrected chi connectivity index (χ0v) is 20.1. The molecule has 0 atom stereocenters. The summed E-state index contributed by atoms with van der Waals surface area (Å²) in [6.45, 7) is 3.88. The molecule has 7 nitrogen and oxygen atoms in total. The van der Waals surface area contributed by atoms with E-state index in [1.165, 1.54) is 22.2 Å². The highest BCUT2D eigenvalue weighted by Gasteiger charge is 2.07. The van der Waals surface area contributed by atoms with Crippen LogP contribution in [0.4, 0.5) is 0 Å². The normalized spacial score (nSPS) is 11.4. The topological polar surface area (TPSA) is 82.9 Å². The molecule has 0 bridgehead atoms. The van der Waals surface area contributed by atoms with E-state index >= 15 is 0 Å². The summed E-state index contributed by atoms with van der Waals surface area (Å²) in [5, 5.41) is 16.4. The standard InChI is InChI=1S/C23H27N7.HI/c1-17-28-29-22(30(17)2)16-26-23(25-15-18-8-4-3-5-9-18)24-13-12-20-14-19-10-6-7-11-21(19)27-20;/h3-11,14,27H,12-13,15-16H2,1-2H3,(H2,24,25,26);1H. The van der Waals surface area contributed by atoms with E-state index in [-0.39, 0.29) is 24.0 Å². The first-order valence-corrected chi connectivity index (χ1v) is 10.2. The van der Waals surface area contributed by atoms with Gasteiger partial charge in [0.25, 0.3) is 0 Å². The van der Waals surface area contributed by atoms with Crippen molar-refractivity contribution in [3.63, 3.8) is 0 Å². The SMILES string of the molecule is Cc1nnc(CNC(=NCc2ccccc2)NCCc2cc3ccccc3[nH]2)n1C.I. The van der Waals surface area contributed by atoms with Crippen molar-refractivity contribution in [1.82, 2.24) is 30.4 Å². The molecule has 0 spiro atoms. The highest BCUT2D eigenvalue weighted by atomic mass is 127. The number of guanidine groups is 1. The van der Waals surface area contributed by atoms with E-state index in [2.05, 4.69) is 62.2 Å². The van der Waals surface area contributed by atoms with Gasteiger partial charge in [0.1, 0.15) is 5.82 Å². The number of aliphatic imine (C=N–C) groups is 1. The molecule has 8 heteroatoms. The summed E-state index contributed by atoms with van der Waals surface area (Å²) in [7, 11) is 1.97. The summed E-state index contributed by atoms with van der Waals surface area (Å²) in [5.41, 5.74) is 3.54. The quantitative estimate of drug-likeness (QED) is 0.194. The molecule has 2 heterocycles. The number of rotatable bonds is 7. The van der Waals surface area contributed by atoms with Crippen LogP contribution in [0.5, 0.6) is 0 Å². The molecule has 0 unspecified atom stereocenters. The maximum Gasteiger partial charge on any atom is 0.191 e. The van der Waals surface area contributed by atoms with Gasteiger partial charge in [-0.15, -0.1) is 34.2 Å². The summed E-state index contributed by atoms with van der Waals surface area (Å²) < 4.78 is 1.98. The number of halogens is 1. The second-order valence-electron chi connectivity index (χ2n) is 7.29. The summed E-state index contributed by atoms with van der Waals surface area (Å²) in [4.78, 5) is 8.22. The van der Waals surface area contributed by atoms with Crippen molar-refractivity contribution >= 4 is 40.8 Å². The van der Waals surface area contributed by atoms with Gasteiger partial charge in [0.05, 0.1) is 13.1 Å². The Labute approximate surface area is 199 Å². The molecule has 2 aromatic heterocycles. The predicted octanol–water partition coefficient (Wildman–Crippen LogP) is 3.70. The Morgan fingerprint density at radius 3 is 2.55 bits per heavy atom. The number of nitrogens with zero attached hydrogens (tertiary/aromatic N) is 4. The van der Waals surface area contributed by atoms with Gasteiger partial charge in [-0.3, -0.25) is 0 Å². The van der Waals surface area contributed by atoms with Crippen LogP contribution in [-0.2, 0) is 26.6 Å². The zero-order valence-electron chi connectivity index (χ0n) is 17.8. The van der Waals surface area contributed by atoms with E-state index in [4.69, 9.17) is 4.99 Å². The fourth-order valence-corrected chi connectivity index (χ4v) is 3.28. The Bertz CT molecular complexity index is 1100. The second kappa shape index (κ2) is 10.9. The monoisotopic (exact) mass is 529 g/mol. The van der Waals surface area contributed by atoms with Gasteiger partial charge in [-0.1, -0.05) is 48.5 Å². The van der Waals surface area contributed by atoms with Gasteiger partial charge >= 0.3 is 0 Å². The number of nitrogens with one attached hydrogen (secondary N) is 3. The molecule has 0 radical (unpaired) electrons. The summed E-state index contributed by atoms with van der Waals surface area (Å²) in [6.07, 6.45) is 0.879. The van der Waals surface area contributed by atoms with Crippen LogP contribution in [0.2, 0.25) is 0 Å². The van der Waals surface area contributed by atoms with Crippen molar-refractivity contribution in [2.24, 2.45) is 12.0 Å². The zero-order chi connectivity index (χ0) is 20.8. The van der Waals surface area contributed by atoms with Crippen LogP contribution in [-0.4, -0.2) is 32.3 Å². The van der Waals surface area contributed by atoms with E-state index in [0.717, 1.165) is 30.6 Å². The first kappa shape index (κ1) is 22.8. The van der Waals surface area contributed by atoms with Crippen LogP contribution < -0.4 is 10.6 Å². The van der Waals surface area contributed by atoms with Gasteiger partial charge in [-0.2, -0.15) is 0 Å². The molecule has 2 aromatic carbocycles. The molecule has 3 N–H and O–H groups in total. The third kappa shape index (κ3) is 6.06. The molecule has 0 saturated carbocycles. The predicted molar refractivity (Wildman–Crippen MR) is 136 cm³/mol. The molecule has 0 amide bonds. The van der Waals surface area contributed by atoms with Crippen molar-refractivity contribution in [2.45, 2.75) is 26.4 Å². The number of aryl methyl sites for hydroxylation is 1. The van der Waals surface area contributed by atoms with Crippen molar-refractivity contribution in [2.75, 3.05) is 6.54 Å². The van der Waals surface area contributed by atoms with Crippen LogP contribution in [0.1, 0.15) is 22.9 Å². The van der Waals surface area contributed by atoms with Crippen LogP contribution in [0.15, 0.2) is 65.7 Å². The van der Waals surface area contributed by atoms with Crippen LogP contribution in [0, 0.1) is 6.92 Å². The number of fused-ring (bicyclic) bond motifs is 1. The third-order valence-electron chi connectivity index (χ3n) is 5.13. The maximum atomic E-state index is 4.75. The lowest BCUT2D eigenvalue weighted by molar-refractivity contribution is 0.711. The Hall–Kier alpha value is -2.88. The van der Waals surface area contributed by atoms with Gasteiger partial charge in [-0.05, 0) is 30.0 Å². The summed E-state index contributed by atoms with van der Waals surface area (Å²) in [6, 6.07) is 20.8. The third-order valence-corrected chi connectivity index (χ3v) is 5.13. The average molecular weight is 529 g/mol. The van der Waals surface area contributed by atoms with Gasteiger partial charge in [0.15, 0.2) is 11.8 Å². The summed E-state index contributed by atoms with van der Waals surface area (Å²) in [5.74, 6) is 2.52. The molecule has 0 aliphatic carbocycles. The maximum absolute atomic E-state index is 4.75. The molecule has 0 aliphatic rings. The van der Waals surface area contributed by atoms with Crippen LogP contribution in [0.3, 0.4) is 0 Å². The molecule has 162 valence electrons. The molecule has 31 heavy (non-hydrogen) atoms. The Morgan fingerprint density at radius 2 is 1.81 bits per heavy atom. The number of hydrogen-bond donors (Lipinski definition) is 3. The minimum absolute atomic E-state index is 0. The number of aromatic nitrogens is 4. The van der Waals surface area contributed by atoms with Crippen molar-refractivity contribution in [1.29, 1.82) is 0 Å². The van der Waals surface area contributed by atoms with Crippen molar-refractivity contribution in [3.8, 4) is 0 Å². The number of aromatic amines is 1. The number of para-hydroxylation sites is 1.